The predicted molar refractivity (Wildman–Crippen MR) is 72.8 cm³/mol. The van der Waals surface area contributed by atoms with Gasteiger partial charge in [-0.05, 0) is 36.6 Å². The zero-order valence-electron chi connectivity index (χ0n) is 10.7. The standard InChI is InChI=1S/C16H16O3/c1-12(17)19-16(18)15-9-7-14(8-10-15)11-13-5-3-2-4-6-13/h2-10,12,17H,11H2,1H3. The summed E-state index contributed by atoms with van der Waals surface area (Å²) in [6, 6.07) is 17.3. The number of aliphatic hydroxyl groups is 1. The van der Waals surface area contributed by atoms with Gasteiger partial charge in [-0.15, -0.1) is 0 Å². The van der Waals surface area contributed by atoms with E-state index in [1.54, 1.807) is 12.1 Å². The summed E-state index contributed by atoms with van der Waals surface area (Å²) in [5.41, 5.74) is 2.79. The van der Waals surface area contributed by atoms with Crippen LogP contribution in [0.2, 0.25) is 0 Å². The van der Waals surface area contributed by atoms with Crippen LogP contribution in [0.3, 0.4) is 0 Å². The van der Waals surface area contributed by atoms with Crippen LogP contribution < -0.4 is 0 Å². The van der Waals surface area contributed by atoms with E-state index in [-0.39, 0.29) is 0 Å². The molecule has 0 aliphatic heterocycles. The lowest BCUT2D eigenvalue weighted by molar-refractivity contribution is -0.0523. The van der Waals surface area contributed by atoms with Crippen molar-refractivity contribution in [2.24, 2.45) is 0 Å². The molecule has 0 saturated carbocycles. The molecular formula is C16H16O3. The average molecular weight is 256 g/mol. The van der Waals surface area contributed by atoms with Gasteiger partial charge < -0.3 is 9.84 Å². The third-order valence-corrected chi connectivity index (χ3v) is 2.72. The minimum atomic E-state index is -1.09. The largest absolute Gasteiger partial charge is 0.433 e. The van der Waals surface area contributed by atoms with Crippen LogP contribution in [0.1, 0.15) is 28.4 Å². The first kappa shape index (κ1) is 13.3. The van der Waals surface area contributed by atoms with Gasteiger partial charge in [0.05, 0.1) is 5.56 Å². The molecule has 0 amide bonds. The number of aliphatic hydroxyl groups excluding tert-OH is 1. The normalized spacial score (nSPS) is 11.9. The van der Waals surface area contributed by atoms with Gasteiger partial charge in [-0.3, -0.25) is 0 Å². The summed E-state index contributed by atoms with van der Waals surface area (Å²) in [6.07, 6.45) is -0.261. The first-order valence-corrected chi connectivity index (χ1v) is 6.17. The average Bonchev–Trinajstić information content (AvgIpc) is 2.40. The van der Waals surface area contributed by atoms with E-state index in [2.05, 4.69) is 12.1 Å². The van der Waals surface area contributed by atoms with Crippen molar-refractivity contribution in [1.82, 2.24) is 0 Å². The third kappa shape index (κ3) is 3.93. The number of carbonyl (C=O) groups is 1. The molecule has 2 aromatic rings. The van der Waals surface area contributed by atoms with Gasteiger partial charge in [-0.1, -0.05) is 42.5 Å². The molecule has 19 heavy (non-hydrogen) atoms. The smallest absolute Gasteiger partial charge is 0.340 e. The summed E-state index contributed by atoms with van der Waals surface area (Å²) in [5.74, 6) is -0.513. The molecule has 0 aliphatic rings. The van der Waals surface area contributed by atoms with Crippen molar-refractivity contribution in [2.45, 2.75) is 19.6 Å². The maximum absolute atomic E-state index is 11.5. The fraction of sp³-hybridized carbons (Fsp3) is 0.188. The summed E-state index contributed by atoms with van der Waals surface area (Å²) in [7, 11) is 0. The summed E-state index contributed by atoms with van der Waals surface area (Å²) in [5, 5.41) is 8.99. The van der Waals surface area contributed by atoms with Crippen LogP contribution in [-0.2, 0) is 11.2 Å². The SMILES string of the molecule is CC(O)OC(=O)c1ccc(Cc2ccccc2)cc1. The second kappa shape index (κ2) is 6.16. The van der Waals surface area contributed by atoms with Crippen molar-refractivity contribution in [3.05, 3.63) is 71.3 Å². The molecule has 2 aromatic carbocycles. The molecule has 0 bridgehead atoms. The van der Waals surface area contributed by atoms with Crippen LogP contribution in [-0.4, -0.2) is 17.4 Å². The van der Waals surface area contributed by atoms with Crippen LogP contribution in [0, 0.1) is 0 Å². The Kier molecular flexibility index (Phi) is 4.31. The van der Waals surface area contributed by atoms with Crippen LogP contribution in [0.15, 0.2) is 54.6 Å². The van der Waals surface area contributed by atoms with Crippen molar-refractivity contribution >= 4 is 5.97 Å². The van der Waals surface area contributed by atoms with Crippen molar-refractivity contribution in [3.63, 3.8) is 0 Å². The Balaban J connectivity index is 2.04. The number of ether oxygens (including phenoxy) is 1. The van der Waals surface area contributed by atoms with Gasteiger partial charge in [0.15, 0.2) is 6.29 Å². The van der Waals surface area contributed by atoms with Gasteiger partial charge in [0.25, 0.3) is 0 Å². The number of benzene rings is 2. The molecule has 3 nitrogen and oxygen atoms in total. The molecule has 1 atom stereocenters. The molecule has 0 aromatic heterocycles. The first-order chi connectivity index (χ1) is 9.15. The van der Waals surface area contributed by atoms with Crippen LogP contribution in [0.4, 0.5) is 0 Å². The van der Waals surface area contributed by atoms with E-state index in [4.69, 9.17) is 9.84 Å². The molecule has 0 aliphatic carbocycles. The minimum absolute atomic E-state index is 0.442. The Labute approximate surface area is 112 Å². The van der Waals surface area contributed by atoms with E-state index >= 15 is 0 Å². The molecule has 0 heterocycles. The Morgan fingerprint density at radius 1 is 1.05 bits per heavy atom. The summed E-state index contributed by atoms with van der Waals surface area (Å²) < 4.78 is 4.71. The van der Waals surface area contributed by atoms with E-state index in [0.29, 0.717) is 5.56 Å². The number of rotatable bonds is 4. The molecule has 3 heteroatoms. The van der Waals surface area contributed by atoms with Crippen molar-refractivity contribution in [1.29, 1.82) is 0 Å². The second-order valence-corrected chi connectivity index (χ2v) is 4.36. The lowest BCUT2D eigenvalue weighted by Crippen LogP contribution is -2.13. The molecule has 0 fully saturated rings. The fourth-order valence-electron chi connectivity index (χ4n) is 1.81. The molecular weight excluding hydrogens is 240 g/mol. The maximum atomic E-state index is 11.5. The lowest BCUT2D eigenvalue weighted by atomic mass is 10.0. The number of hydrogen-bond acceptors (Lipinski definition) is 3. The highest BCUT2D eigenvalue weighted by molar-refractivity contribution is 5.89. The second-order valence-electron chi connectivity index (χ2n) is 4.36. The summed E-state index contributed by atoms with van der Waals surface area (Å²) in [6.45, 7) is 1.40. The van der Waals surface area contributed by atoms with Crippen LogP contribution in [0.25, 0.3) is 0 Å². The highest BCUT2D eigenvalue weighted by Gasteiger charge is 2.09. The number of hydrogen-bond donors (Lipinski definition) is 1. The molecule has 0 radical (unpaired) electrons. The lowest BCUT2D eigenvalue weighted by Gasteiger charge is -2.07. The van der Waals surface area contributed by atoms with Gasteiger partial charge in [0, 0.05) is 0 Å². The molecule has 1 unspecified atom stereocenters. The minimum Gasteiger partial charge on any atom is -0.433 e. The zero-order chi connectivity index (χ0) is 13.7. The molecule has 0 spiro atoms. The highest BCUT2D eigenvalue weighted by atomic mass is 16.6. The van der Waals surface area contributed by atoms with E-state index in [0.717, 1.165) is 12.0 Å². The van der Waals surface area contributed by atoms with Gasteiger partial charge in [0.1, 0.15) is 0 Å². The van der Waals surface area contributed by atoms with Gasteiger partial charge >= 0.3 is 5.97 Å². The zero-order valence-corrected chi connectivity index (χ0v) is 10.7. The summed E-state index contributed by atoms with van der Waals surface area (Å²) in [4.78, 5) is 11.5. The molecule has 1 N–H and O–H groups in total. The summed E-state index contributed by atoms with van der Waals surface area (Å²) >= 11 is 0. The van der Waals surface area contributed by atoms with E-state index < -0.39 is 12.3 Å². The van der Waals surface area contributed by atoms with Gasteiger partial charge in [-0.2, -0.15) is 0 Å². The first-order valence-electron chi connectivity index (χ1n) is 6.17. The molecule has 98 valence electrons. The van der Waals surface area contributed by atoms with Gasteiger partial charge in [0.2, 0.25) is 0 Å². The molecule has 0 saturated heterocycles. The van der Waals surface area contributed by atoms with Gasteiger partial charge in [-0.25, -0.2) is 4.79 Å². The predicted octanol–water partition coefficient (Wildman–Crippen LogP) is 2.77. The molecule has 2 rings (SSSR count). The van der Waals surface area contributed by atoms with E-state index in [1.807, 2.05) is 30.3 Å². The Morgan fingerprint density at radius 2 is 1.63 bits per heavy atom. The fourth-order valence-corrected chi connectivity index (χ4v) is 1.81. The number of carbonyl (C=O) groups excluding carboxylic acids is 1. The van der Waals surface area contributed by atoms with E-state index in [9.17, 15) is 4.79 Å². The monoisotopic (exact) mass is 256 g/mol. The maximum Gasteiger partial charge on any atom is 0.340 e. The van der Waals surface area contributed by atoms with Crippen molar-refractivity contribution in [3.8, 4) is 0 Å². The Morgan fingerprint density at radius 3 is 2.21 bits per heavy atom. The van der Waals surface area contributed by atoms with E-state index in [1.165, 1.54) is 12.5 Å². The topological polar surface area (TPSA) is 46.5 Å². The Bertz CT molecular complexity index is 530. The van der Waals surface area contributed by atoms with Crippen LogP contribution >= 0.6 is 0 Å². The van der Waals surface area contributed by atoms with Crippen LogP contribution in [0.5, 0.6) is 0 Å². The van der Waals surface area contributed by atoms with Crippen molar-refractivity contribution < 1.29 is 14.6 Å². The number of esters is 1. The quantitative estimate of drug-likeness (QED) is 0.676. The highest BCUT2D eigenvalue weighted by Crippen LogP contribution is 2.11. The third-order valence-electron chi connectivity index (χ3n) is 2.72. The Hall–Kier alpha value is -2.13. The van der Waals surface area contributed by atoms with Crippen molar-refractivity contribution in [2.75, 3.05) is 0 Å².